The molecule has 0 saturated carbocycles. The van der Waals surface area contributed by atoms with Crippen molar-refractivity contribution >= 4 is 53.1 Å². The van der Waals surface area contributed by atoms with E-state index in [9.17, 15) is 30.0 Å². The minimum atomic E-state index is -5.11. The number of piperidine rings is 2. The molecule has 7 aromatic rings. The number of sulfonamides is 2. The van der Waals surface area contributed by atoms with E-state index in [4.69, 9.17) is 0 Å². The number of halogens is 15. The summed E-state index contributed by atoms with van der Waals surface area (Å²) >= 11 is 0. The molecule has 2 fully saturated rings. The molecule has 28 heteroatoms. The van der Waals surface area contributed by atoms with Crippen LogP contribution >= 0.6 is 0 Å². The van der Waals surface area contributed by atoms with Crippen LogP contribution in [0.4, 0.5) is 65.9 Å². The van der Waals surface area contributed by atoms with Crippen molar-refractivity contribution in [2.75, 3.05) is 26.2 Å². The zero-order valence-corrected chi connectivity index (χ0v) is 40.1. The molecule has 4 aromatic heterocycles. The van der Waals surface area contributed by atoms with Crippen LogP contribution in [0, 0.1) is 87.3 Å². The Balaban J connectivity index is 0.00000689. The molecule has 3 aromatic carbocycles. The number of aromatic nitrogens is 4. The molecule has 396 valence electrons. The summed E-state index contributed by atoms with van der Waals surface area (Å²) in [4.78, 5) is 14.5. The molecule has 7 heterocycles. The summed E-state index contributed by atoms with van der Waals surface area (Å²) in [6.07, 6.45) is 0.169. The summed E-state index contributed by atoms with van der Waals surface area (Å²) in [7, 11) is -10.2. The first kappa shape index (κ1) is 53.7. The van der Waals surface area contributed by atoms with Gasteiger partial charge in [-0.25, -0.2) is 82.7 Å². The van der Waals surface area contributed by atoms with E-state index >= 15 is 52.7 Å². The van der Waals surface area contributed by atoms with Gasteiger partial charge in [0.05, 0.1) is 26.5 Å². The van der Waals surface area contributed by atoms with Gasteiger partial charge in [0, 0.05) is 37.6 Å². The molecular weight excluding hydrogens is 1120 g/mol. The molecule has 0 atom stereocenters. The van der Waals surface area contributed by atoms with E-state index in [2.05, 4.69) is 19.9 Å². The quantitative estimate of drug-likeness (QED) is 0.0876. The molecule has 3 aliphatic heterocycles. The Morgan fingerprint density at radius 2 is 0.653 bits per heavy atom. The Morgan fingerprint density at radius 3 is 1.03 bits per heavy atom. The number of aryl methyl sites for hydroxylation is 2. The van der Waals surface area contributed by atoms with Gasteiger partial charge in [-0.15, -0.1) is 22.1 Å². The Morgan fingerprint density at radius 1 is 0.360 bits per heavy atom. The molecule has 0 amide bonds. The Hall–Kier alpha value is -6.07. The van der Waals surface area contributed by atoms with Crippen LogP contribution in [-0.2, 0) is 49.7 Å². The van der Waals surface area contributed by atoms with Crippen molar-refractivity contribution in [3.05, 3.63) is 123 Å². The van der Waals surface area contributed by atoms with Crippen molar-refractivity contribution in [1.29, 1.82) is 0 Å². The monoisotopic (exact) mass is 1150 g/mol. The molecule has 0 N–H and O–H groups in total. The third-order valence-corrected chi connectivity index (χ3v) is 16.9. The maximum Gasteiger partial charge on any atom is 3.00 e. The molecule has 2 saturated heterocycles. The fraction of sp³-hybridized carbons (Fsp3) is 0.255. The first-order valence-corrected chi connectivity index (χ1v) is 25.0. The second kappa shape index (κ2) is 19.5. The van der Waals surface area contributed by atoms with Crippen LogP contribution in [0.3, 0.4) is 0 Å². The standard InChI is InChI=1S/C47H28F15N6O4S2.Co/c48-31-28(32(49)38(55)43(60)37(31)54)25-17-7-9-19(63-17)26(29-33(50)39(56)44(61)40(57)34(29)51)46-23(73(69,70)67-11-3-1-4-12-67)15-21(65-46)22-16-24(74(71,72)68-13-5-2-6-14-68)47(66-22)27(20-10-8-18(25)64-20)30-35(52)41(58)45(62)42(59)36(30)53;/h7,9,15-16H,1-6,8,10-14H2;/q-3;+3. The summed E-state index contributed by atoms with van der Waals surface area (Å²) in [5, 5.41) is 0. The zero-order chi connectivity index (χ0) is 53.2. The predicted octanol–water partition coefficient (Wildman–Crippen LogP) is 10.6. The summed E-state index contributed by atoms with van der Waals surface area (Å²) in [5.74, 6) is -39.4. The normalized spacial score (nSPS) is 15.6. The summed E-state index contributed by atoms with van der Waals surface area (Å²) < 4.78 is 295. The van der Waals surface area contributed by atoms with E-state index in [1.54, 1.807) is 0 Å². The van der Waals surface area contributed by atoms with Gasteiger partial charge in [0.15, 0.2) is 69.8 Å². The molecule has 10 nitrogen and oxygen atoms in total. The summed E-state index contributed by atoms with van der Waals surface area (Å²) in [5.41, 5.74) is -17.6. The largest absolute Gasteiger partial charge is 3.00 e. The average molecular weight is 1150 g/mol. The fourth-order valence-corrected chi connectivity index (χ4v) is 12.8. The van der Waals surface area contributed by atoms with Crippen LogP contribution < -0.4 is 15.0 Å². The summed E-state index contributed by atoms with van der Waals surface area (Å²) in [6.45, 7) is -0.942. The third kappa shape index (κ3) is 8.36. The number of nitrogens with zero attached hydrogens (tertiary/aromatic N) is 6. The van der Waals surface area contributed by atoms with Gasteiger partial charge in [-0.2, -0.15) is 19.6 Å². The second-order valence-electron chi connectivity index (χ2n) is 17.3. The van der Waals surface area contributed by atoms with Crippen LogP contribution in [0.2, 0.25) is 0 Å². The van der Waals surface area contributed by atoms with Gasteiger partial charge in [-0.1, -0.05) is 37.1 Å². The first-order chi connectivity index (χ1) is 35.0. The SMILES string of the molecule is O=S(=O)(c1cc2[n-]c1c(-c1c(F)c(F)c(F)c(F)c1F)c1nc(c(-c3c(F)c(F)c(F)c(F)c3F)c3ccc([n-]3)c(-c3c(F)c(F)c(F)c(F)c3F)c3[n-]c2cc3S(=O)(=O)N2CCCCC2)CC1)N1CCCCC1.[Co+3]. The van der Waals surface area contributed by atoms with E-state index in [-0.39, 0.29) is 68.6 Å². The Labute approximate surface area is 423 Å². The molecule has 0 radical (unpaired) electrons. The number of hydrogen-bond donors (Lipinski definition) is 0. The molecule has 10 rings (SSSR count). The van der Waals surface area contributed by atoms with E-state index in [0.29, 0.717) is 37.1 Å². The average Bonchev–Trinajstić information content (AvgIpc) is 4.25. The van der Waals surface area contributed by atoms with Crippen LogP contribution in [0.25, 0.3) is 66.5 Å². The van der Waals surface area contributed by atoms with Crippen molar-refractivity contribution in [2.24, 2.45) is 0 Å². The van der Waals surface area contributed by atoms with Crippen molar-refractivity contribution in [3.8, 4) is 33.4 Å². The van der Waals surface area contributed by atoms with Crippen molar-refractivity contribution in [2.45, 2.75) is 61.2 Å². The smallest absolute Gasteiger partial charge is 0.657 e. The van der Waals surface area contributed by atoms with E-state index < -0.39 is 208 Å². The first-order valence-electron chi connectivity index (χ1n) is 22.1. The van der Waals surface area contributed by atoms with Crippen LogP contribution in [-0.4, -0.2) is 56.6 Å². The molecule has 75 heavy (non-hydrogen) atoms. The third-order valence-electron chi connectivity index (χ3n) is 13.0. The van der Waals surface area contributed by atoms with Crippen LogP contribution in [0.15, 0.2) is 34.1 Å². The maximum atomic E-state index is 16.4. The van der Waals surface area contributed by atoms with Crippen molar-refractivity contribution in [3.63, 3.8) is 0 Å². The van der Waals surface area contributed by atoms with Gasteiger partial charge in [-0.3, -0.25) is 4.98 Å². The topological polar surface area (TPSA) is 130 Å². The second-order valence-corrected chi connectivity index (χ2v) is 21.1. The van der Waals surface area contributed by atoms with Gasteiger partial charge in [-0.05, 0) is 55.2 Å². The van der Waals surface area contributed by atoms with Gasteiger partial charge in [0.2, 0.25) is 37.5 Å². The van der Waals surface area contributed by atoms with Gasteiger partial charge in [0.1, 0.15) is 0 Å². The number of fused-ring (bicyclic) bond motifs is 9. The molecular formula is C47H28CoF15N6O4S2. The molecule has 8 bridgehead atoms. The number of hydrogen-bond acceptors (Lipinski definition) is 5. The van der Waals surface area contributed by atoms with Crippen LogP contribution in [0.5, 0.6) is 0 Å². The van der Waals surface area contributed by atoms with E-state index in [0.717, 1.165) is 8.61 Å². The maximum absolute atomic E-state index is 16.4. The van der Waals surface area contributed by atoms with Gasteiger partial charge < -0.3 is 15.0 Å². The Bertz CT molecular complexity index is 3860. The molecule has 0 unspecified atom stereocenters. The molecule has 0 spiro atoms. The predicted molar refractivity (Wildman–Crippen MR) is 231 cm³/mol. The van der Waals surface area contributed by atoms with Crippen LogP contribution in [0.1, 0.15) is 49.9 Å². The zero-order valence-electron chi connectivity index (χ0n) is 37.4. The van der Waals surface area contributed by atoms with E-state index in [1.165, 1.54) is 0 Å². The molecule has 0 aliphatic carbocycles. The van der Waals surface area contributed by atoms with E-state index in [1.807, 2.05) is 0 Å². The van der Waals surface area contributed by atoms with Crippen molar-refractivity contribution < 1.29 is 99.5 Å². The molecule has 3 aliphatic rings. The number of rotatable bonds is 7. The summed E-state index contributed by atoms with van der Waals surface area (Å²) in [6, 6.07) is 2.53. The fourth-order valence-electron chi connectivity index (χ4n) is 9.48. The van der Waals surface area contributed by atoms with Crippen molar-refractivity contribution in [1.82, 2.24) is 28.5 Å². The Kier molecular flexibility index (Phi) is 14.0. The minimum absolute atomic E-state index is 0. The van der Waals surface area contributed by atoms with Gasteiger partial charge in [0.25, 0.3) is 0 Å². The number of benzene rings is 3. The minimum Gasteiger partial charge on any atom is -0.657 e. The van der Waals surface area contributed by atoms with Gasteiger partial charge >= 0.3 is 16.8 Å².